The summed E-state index contributed by atoms with van der Waals surface area (Å²) >= 11 is 1.71. The molecule has 5 rings (SSSR count). The molecule has 0 radical (unpaired) electrons. The first-order chi connectivity index (χ1) is 21.0. The van der Waals surface area contributed by atoms with Crippen LogP contribution in [0.25, 0.3) is 10.8 Å². The number of aromatic nitrogens is 1. The Morgan fingerprint density at radius 1 is 1.09 bits per heavy atom. The number of aliphatic hydroxyl groups is 1. The van der Waals surface area contributed by atoms with Crippen molar-refractivity contribution >= 4 is 40.0 Å². The molecule has 0 unspecified atom stereocenters. The summed E-state index contributed by atoms with van der Waals surface area (Å²) in [6.07, 6.45) is 10.9. The van der Waals surface area contributed by atoms with E-state index in [1.165, 1.54) is 10.8 Å². The quantitative estimate of drug-likeness (QED) is 0.214. The molecular weight excluding hydrogens is 558 g/mol. The molecule has 1 saturated heterocycles. The summed E-state index contributed by atoms with van der Waals surface area (Å²) in [5, 5.41) is 19.6. The van der Waals surface area contributed by atoms with Gasteiger partial charge in [0.2, 0.25) is 11.8 Å². The molecule has 1 saturated carbocycles. The lowest BCUT2D eigenvalue weighted by atomic mass is 9.89. The molecule has 2 atom stereocenters. The van der Waals surface area contributed by atoms with Crippen LogP contribution in [-0.2, 0) is 16.1 Å². The molecule has 2 amide bonds. The maximum atomic E-state index is 13.6. The van der Waals surface area contributed by atoms with Gasteiger partial charge in [-0.05, 0) is 84.6 Å². The summed E-state index contributed by atoms with van der Waals surface area (Å²) in [6, 6.07) is 18.0. The van der Waals surface area contributed by atoms with Crippen molar-refractivity contribution in [3.8, 4) is 0 Å². The number of fused-ring (bicyclic) bond motifs is 1. The SMILES string of the molecule is CSCC[C@H](NC(=O)CN(Cc1cccc2ccccc12)C[C@@H]1CCCN1C(=O)CNc1ccncc1)C(O)=C1CCC1. The molecule has 3 aromatic rings. The van der Waals surface area contributed by atoms with Crippen molar-refractivity contribution in [1.29, 1.82) is 0 Å². The first-order valence-corrected chi connectivity index (χ1v) is 16.7. The molecule has 228 valence electrons. The molecule has 43 heavy (non-hydrogen) atoms. The van der Waals surface area contributed by atoms with Gasteiger partial charge < -0.3 is 20.6 Å². The number of aliphatic hydroxyl groups excluding tert-OH is 1. The summed E-state index contributed by atoms with van der Waals surface area (Å²) in [4.78, 5) is 35.0. The van der Waals surface area contributed by atoms with Gasteiger partial charge in [0.15, 0.2) is 0 Å². The summed E-state index contributed by atoms with van der Waals surface area (Å²) < 4.78 is 0. The standard InChI is InChI=1S/C34H43N5O3S/c1-43-20-16-31(34(42)26-9-5-10-26)37-32(40)24-38(22-27-11-4-8-25-7-2-3-13-30(25)27)23-29-12-6-19-39(29)33(41)21-36-28-14-17-35-18-15-28/h2-4,7-8,11,13-15,17-18,29,31,42H,5-6,9-10,12,16,19-24H2,1H3,(H,35,36)(H,37,40)/t29-,31-/m0/s1. The van der Waals surface area contributed by atoms with Crippen LogP contribution in [-0.4, -0.2) is 82.0 Å². The van der Waals surface area contributed by atoms with E-state index < -0.39 is 0 Å². The highest BCUT2D eigenvalue weighted by Gasteiger charge is 2.31. The van der Waals surface area contributed by atoms with Crippen LogP contribution in [0.1, 0.15) is 44.1 Å². The molecule has 9 heteroatoms. The number of hydrogen-bond donors (Lipinski definition) is 3. The summed E-state index contributed by atoms with van der Waals surface area (Å²) in [7, 11) is 0. The minimum atomic E-state index is -0.363. The Balaban J connectivity index is 1.31. The summed E-state index contributed by atoms with van der Waals surface area (Å²) in [6.45, 7) is 2.31. The predicted octanol–water partition coefficient (Wildman–Crippen LogP) is 5.37. The summed E-state index contributed by atoms with van der Waals surface area (Å²) in [5.41, 5.74) is 3.09. The van der Waals surface area contributed by atoms with Crippen molar-refractivity contribution in [2.24, 2.45) is 0 Å². The maximum Gasteiger partial charge on any atom is 0.242 e. The van der Waals surface area contributed by atoms with Gasteiger partial charge >= 0.3 is 0 Å². The Kier molecular flexibility index (Phi) is 11.0. The minimum Gasteiger partial charge on any atom is -0.510 e. The molecule has 2 aromatic carbocycles. The molecular formula is C34H43N5O3S. The number of allylic oxidation sites excluding steroid dienone is 1. The maximum absolute atomic E-state index is 13.6. The monoisotopic (exact) mass is 601 g/mol. The van der Waals surface area contributed by atoms with Crippen LogP contribution in [0, 0.1) is 0 Å². The number of carbonyl (C=O) groups excluding carboxylic acids is 2. The number of nitrogens with zero attached hydrogens (tertiary/aromatic N) is 3. The third kappa shape index (κ3) is 8.30. The number of rotatable bonds is 14. The second kappa shape index (κ2) is 15.3. The lowest BCUT2D eigenvalue weighted by molar-refractivity contribution is -0.130. The molecule has 0 bridgehead atoms. The lowest BCUT2D eigenvalue weighted by Crippen LogP contribution is -2.48. The van der Waals surface area contributed by atoms with Crippen LogP contribution in [0.5, 0.6) is 0 Å². The molecule has 2 aliphatic rings. The number of hydrogen-bond acceptors (Lipinski definition) is 7. The van der Waals surface area contributed by atoms with E-state index >= 15 is 0 Å². The lowest BCUT2D eigenvalue weighted by Gasteiger charge is -2.32. The van der Waals surface area contributed by atoms with E-state index in [4.69, 9.17) is 0 Å². The van der Waals surface area contributed by atoms with E-state index in [9.17, 15) is 14.7 Å². The number of anilines is 1. The van der Waals surface area contributed by atoms with E-state index in [0.717, 1.165) is 54.7 Å². The van der Waals surface area contributed by atoms with Gasteiger partial charge in [-0.2, -0.15) is 11.8 Å². The largest absolute Gasteiger partial charge is 0.510 e. The van der Waals surface area contributed by atoms with E-state index in [0.29, 0.717) is 31.8 Å². The minimum absolute atomic E-state index is 0.0207. The molecule has 2 fully saturated rings. The van der Waals surface area contributed by atoms with Gasteiger partial charge in [0.05, 0.1) is 19.1 Å². The Morgan fingerprint density at radius 2 is 1.88 bits per heavy atom. The first-order valence-electron chi connectivity index (χ1n) is 15.3. The van der Waals surface area contributed by atoms with Crippen molar-refractivity contribution < 1.29 is 14.7 Å². The first kappa shape index (κ1) is 30.9. The highest BCUT2D eigenvalue weighted by Crippen LogP contribution is 2.30. The van der Waals surface area contributed by atoms with E-state index in [1.54, 1.807) is 24.2 Å². The molecule has 1 aromatic heterocycles. The third-order valence-electron chi connectivity index (χ3n) is 8.53. The molecule has 0 spiro atoms. The Labute approximate surface area is 258 Å². The van der Waals surface area contributed by atoms with Crippen LogP contribution in [0.3, 0.4) is 0 Å². The molecule has 3 N–H and O–H groups in total. The molecule has 2 heterocycles. The van der Waals surface area contributed by atoms with Crippen LogP contribution in [0.15, 0.2) is 78.3 Å². The fourth-order valence-electron chi connectivity index (χ4n) is 6.07. The predicted molar refractivity (Wildman–Crippen MR) is 175 cm³/mol. The van der Waals surface area contributed by atoms with Crippen LogP contribution in [0.2, 0.25) is 0 Å². The van der Waals surface area contributed by atoms with Crippen molar-refractivity contribution in [3.63, 3.8) is 0 Å². The number of pyridine rings is 1. The zero-order valence-corrected chi connectivity index (χ0v) is 25.8. The molecule has 1 aliphatic heterocycles. The number of benzene rings is 2. The second-order valence-electron chi connectivity index (χ2n) is 11.5. The van der Waals surface area contributed by atoms with Gasteiger partial charge in [-0.25, -0.2) is 0 Å². The van der Waals surface area contributed by atoms with Crippen molar-refractivity contribution in [3.05, 3.63) is 83.9 Å². The fraction of sp³-hybridized carbons (Fsp3) is 0.441. The number of thioether (sulfide) groups is 1. The zero-order chi connectivity index (χ0) is 30.0. The molecule has 8 nitrogen and oxygen atoms in total. The van der Waals surface area contributed by atoms with E-state index in [-0.39, 0.29) is 37.0 Å². The topological polar surface area (TPSA) is 97.8 Å². The third-order valence-corrected chi connectivity index (χ3v) is 9.17. The normalized spacial score (nSPS) is 17.1. The Bertz CT molecular complexity index is 1400. The highest BCUT2D eigenvalue weighted by atomic mass is 32.2. The number of nitrogens with one attached hydrogen (secondary N) is 2. The van der Waals surface area contributed by atoms with Crippen molar-refractivity contribution in [2.75, 3.05) is 43.5 Å². The van der Waals surface area contributed by atoms with Gasteiger partial charge in [-0.1, -0.05) is 42.5 Å². The highest BCUT2D eigenvalue weighted by molar-refractivity contribution is 7.98. The van der Waals surface area contributed by atoms with Gasteiger partial charge in [0, 0.05) is 43.8 Å². The average molecular weight is 602 g/mol. The fourth-order valence-corrected chi connectivity index (χ4v) is 6.54. The number of amides is 2. The van der Waals surface area contributed by atoms with Crippen molar-refractivity contribution in [1.82, 2.24) is 20.1 Å². The average Bonchev–Trinajstić information content (AvgIpc) is 3.46. The van der Waals surface area contributed by atoms with Crippen LogP contribution in [0.4, 0.5) is 5.69 Å². The van der Waals surface area contributed by atoms with Crippen LogP contribution < -0.4 is 10.6 Å². The number of carbonyl (C=O) groups is 2. The summed E-state index contributed by atoms with van der Waals surface area (Å²) in [5.74, 6) is 1.16. The van der Waals surface area contributed by atoms with E-state index in [2.05, 4.69) is 50.8 Å². The van der Waals surface area contributed by atoms with Gasteiger partial charge in [-0.15, -0.1) is 0 Å². The van der Waals surface area contributed by atoms with Gasteiger partial charge in [0.1, 0.15) is 5.76 Å². The van der Waals surface area contributed by atoms with Gasteiger partial charge in [0.25, 0.3) is 0 Å². The van der Waals surface area contributed by atoms with E-state index in [1.807, 2.05) is 35.4 Å². The number of likely N-dealkylation sites (tertiary alicyclic amines) is 1. The van der Waals surface area contributed by atoms with Gasteiger partial charge in [-0.3, -0.25) is 19.5 Å². The second-order valence-corrected chi connectivity index (χ2v) is 12.5. The smallest absolute Gasteiger partial charge is 0.242 e. The molecule has 1 aliphatic carbocycles. The zero-order valence-electron chi connectivity index (χ0n) is 25.0. The van der Waals surface area contributed by atoms with Crippen molar-refractivity contribution in [2.45, 2.75) is 57.2 Å². The Morgan fingerprint density at radius 3 is 2.65 bits per heavy atom. The Hall–Kier alpha value is -3.56. The van der Waals surface area contributed by atoms with Crippen LogP contribution >= 0.6 is 11.8 Å².